The summed E-state index contributed by atoms with van der Waals surface area (Å²) in [5.74, 6) is 0.893. The van der Waals surface area contributed by atoms with Crippen LogP contribution >= 0.6 is 0 Å². The summed E-state index contributed by atoms with van der Waals surface area (Å²) in [6.07, 6.45) is 0.898. The third-order valence-electron chi connectivity index (χ3n) is 4.36. The molecule has 0 spiro atoms. The lowest BCUT2D eigenvalue weighted by Crippen LogP contribution is -2.03. The molecule has 4 nitrogen and oxygen atoms in total. The van der Waals surface area contributed by atoms with Gasteiger partial charge in [0.2, 0.25) is 0 Å². The van der Waals surface area contributed by atoms with Crippen molar-refractivity contribution in [1.82, 2.24) is 9.78 Å². The molecule has 4 heteroatoms. The molecule has 0 amide bonds. The van der Waals surface area contributed by atoms with Gasteiger partial charge in [-0.1, -0.05) is 24.3 Å². The number of hydrogen-bond acceptors (Lipinski definition) is 3. The molecule has 0 fully saturated rings. The van der Waals surface area contributed by atoms with E-state index >= 15 is 0 Å². The van der Waals surface area contributed by atoms with Gasteiger partial charge in [-0.15, -0.1) is 0 Å². The molecule has 0 saturated heterocycles. The fraction of sp³-hybridized carbons (Fsp3) is 0.286. The molecule has 3 aromatic rings. The molecule has 25 heavy (non-hydrogen) atoms. The van der Waals surface area contributed by atoms with Crippen LogP contribution in [-0.4, -0.2) is 22.9 Å². The molecule has 0 aliphatic heterocycles. The van der Waals surface area contributed by atoms with Gasteiger partial charge in [-0.25, -0.2) is 4.68 Å². The normalized spacial score (nSPS) is 10.9. The first kappa shape index (κ1) is 17.2. The smallest absolute Gasteiger partial charge is 0.119 e. The van der Waals surface area contributed by atoms with Gasteiger partial charge in [-0.2, -0.15) is 5.10 Å². The van der Waals surface area contributed by atoms with E-state index in [0.29, 0.717) is 13.2 Å². The molecule has 3 rings (SSSR count). The van der Waals surface area contributed by atoms with Gasteiger partial charge in [-0.3, -0.25) is 0 Å². The van der Waals surface area contributed by atoms with E-state index in [1.807, 2.05) is 23.7 Å². The highest BCUT2D eigenvalue weighted by atomic mass is 16.5. The van der Waals surface area contributed by atoms with Crippen LogP contribution in [0.4, 0.5) is 0 Å². The molecule has 1 aromatic heterocycles. The van der Waals surface area contributed by atoms with Crippen molar-refractivity contribution in [3.05, 3.63) is 65.5 Å². The van der Waals surface area contributed by atoms with E-state index in [2.05, 4.69) is 50.2 Å². The Bertz CT molecular complexity index is 833. The van der Waals surface area contributed by atoms with E-state index < -0.39 is 0 Å². The highest BCUT2D eigenvalue weighted by molar-refractivity contribution is 5.69. The summed E-state index contributed by atoms with van der Waals surface area (Å²) in [6.45, 7) is 7.50. The molecule has 1 heterocycles. The van der Waals surface area contributed by atoms with Crippen molar-refractivity contribution < 1.29 is 4.74 Å². The van der Waals surface area contributed by atoms with Gasteiger partial charge >= 0.3 is 0 Å². The highest BCUT2D eigenvalue weighted by Gasteiger charge is 2.14. The summed E-state index contributed by atoms with van der Waals surface area (Å²) >= 11 is 0. The van der Waals surface area contributed by atoms with E-state index in [-0.39, 0.29) is 0 Å². The van der Waals surface area contributed by atoms with Crippen LogP contribution < -0.4 is 10.5 Å². The molecule has 0 aliphatic rings. The molecule has 0 radical (unpaired) electrons. The SMILES string of the molecule is CCOc1ccc(-c2c(C)nn(-c3ccc(CCN)cc3)c2C)cc1. The number of aryl methyl sites for hydroxylation is 1. The summed E-state index contributed by atoms with van der Waals surface area (Å²) < 4.78 is 7.54. The van der Waals surface area contributed by atoms with E-state index in [9.17, 15) is 0 Å². The van der Waals surface area contributed by atoms with Crippen LogP contribution in [0.5, 0.6) is 5.75 Å². The number of ether oxygens (including phenoxy) is 1. The predicted molar refractivity (Wildman–Crippen MR) is 102 cm³/mol. The average Bonchev–Trinajstić information content (AvgIpc) is 2.92. The van der Waals surface area contributed by atoms with E-state index in [1.165, 1.54) is 11.1 Å². The minimum Gasteiger partial charge on any atom is -0.494 e. The number of benzene rings is 2. The quantitative estimate of drug-likeness (QED) is 0.739. The Morgan fingerprint density at radius 3 is 2.28 bits per heavy atom. The van der Waals surface area contributed by atoms with Crippen molar-refractivity contribution in [2.24, 2.45) is 5.73 Å². The van der Waals surface area contributed by atoms with Gasteiger partial charge in [0, 0.05) is 11.3 Å². The van der Waals surface area contributed by atoms with Crippen LogP contribution in [0.2, 0.25) is 0 Å². The second-order valence-electron chi connectivity index (χ2n) is 6.12. The molecule has 0 bridgehead atoms. The fourth-order valence-corrected chi connectivity index (χ4v) is 3.17. The Morgan fingerprint density at radius 2 is 1.68 bits per heavy atom. The maximum atomic E-state index is 5.62. The van der Waals surface area contributed by atoms with Gasteiger partial charge < -0.3 is 10.5 Å². The fourth-order valence-electron chi connectivity index (χ4n) is 3.17. The molecular weight excluding hydrogens is 310 g/mol. The monoisotopic (exact) mass is 335 g/mol. The lowest BCUT2D eigenvalue weighted by Gasteiger charge is -2.08. The molecule has 130 valence electrons. The maximum Gasteiger partial charge on any atom is 0.119 e. The molecule has 2 aromatic carbocycles. The lowest BCUT2D eigenvalue weighted by atomic mass is 10.0. The van der Waals surface area contributed by atoms with Crippen molar-refractivity contribution in [2.75, 3.05) is 13.2 Å². The van der Waals surface area contributed by atoms with Crippen LogP contribution in [0.15, 0.2) is 48.5 Å². The summed E-state index contributed by atoms with van der Waals surface area (Å²) in [5, 5.41) is 4.75. The number of nitrogens with two attached hydrogens (primary N) is 1. The first-order valence-electron chi connectivity index (χ1n) is 8.73. The van der Waals surface area contributed by atoms with E-state index in [4.69, 9.17) is 15.6 Å². The average molecular weight is 335 g/mol. The topological polar surface area (TPSA) is 53.1 Å². The Balaban J connectivity index is 1.95. The molecule has 0 saturated carbocycles. The summed E-state index contributed by atoms with van der Waals surface area (Å²) in [6, 6.07) is 16.7. The van der Waals surface area contributed by atoms with Crippen LogP contribution in [0.3, 0.4) is 0 Å². The zero-order chi connectivity index (χ0) is 17.8. The zero-order valence-electron chi connectivity index (χ0n) is 15.1. The van der Waals surface area contributed by atoms with Gasteiger partial charge in [-0.05, 0) is 69.1 Å². The van der Waals surface area contributed by atoms with Crippen LogP contribution in [0, 0.1) is 13.8 Å². The summed E-state index contributed by atoms with van der Waals surface area (Å²) in [4.78, 5) is 0. The molecular formula is C21H25N3O. The standard InChI is InChI=1S/C21H25N3O/c1-4-25-20-11-7-18(8-12-20)21-15(2)23-24(16(21)3)19-9-5-17(6-10-19)13-14-22/h5-12H,4,13-14,22H2,1-3H3. The van der Waals surface area contributed by atoms with Crippen LogP contribution in [-0.2, 0) is 6.42 Å². The predicted octanol–water partition coefficient (Wildman–Crippen LogP) is 4.06. The lowest BCUT2D eigenvalue weighted by molar-refractivity contribution is 0.340. The Kier molecular flexibility index (Phi) is 5.19. The number of rotatable bonds is 6. The van der Waals surface area contributed by atoms with Crippen LogP contribution in [0.25, 0.3) is 16.8 Å². The minimum absolute atomic E-state index is 0.668. The Labute approximate surface area is 149 Å². The van der Waals surface area contributed by atoms with Crippen LogP contribution in [0.1, 0.15) is 23.9 Å². The van der Waals surface area contributed by atoms with E-state index in [1.54, 1.807) is 0 Å². The third-order valence-corrected chi connectivity index (χ3v) is 4.36. The minimum atomic E-state index is 0.668. The third kappa shape index (κ3) is 3.59. The van der Waals surface area contributed by atoms with Crippen molar-refractivity contribution in [1.29, 1.82) is 0 Å². The van der Waals surface area contributed by atoms with Gasteiger partial charge in [0.15, 0.2) is 0 Å². The Hall–Kier alpha value is -2.59. The second kappa shape index (κ2) is 7.53. The molecule has 2 N–H and O–H groups in total. The number of nitrogens with zero attached hydrogens (tertiary/aromatic N) is 2. The largest absolute Gasteiger partial charge is 0.494 e. The second-order valence-corrected chi connectivity index (χ2v) is 6.12. The summed E-state index contributed by atoms with van der Waals surface area (Å²) in [7, 11) is 0. The highest BCUT2D eigenvalue weighted by Crippen LogP contribution is 2.30. The number of hydrogen-bond donors (Lipinski definition) is 1. The van der Waals surface area contributed by atoms with Crippen molar-refractivity contribution in [2.45, 2.75) is 27.2 Å². The number of aromatic nitrogens is 2. The van der Waals surface area contributed by atoms with Crippen molar-refractivity contribution in [3.63, 3.8) is 0 Å². The Morgan fingerprint density at radius 1 is 1.00 bits per heavy atom. The van der Waals surface area contributed by atoms with E-state index in [0.717, 1.165) is 34.8 Å². The summed E-state index contributed by atoms with van der Waals surface area (Å²) in [5.41, 5.74) is 12.4. The van der Waals surface area contributed by atoms with Crippen molar-refractivity contribution in [3.8, 4) is 22.6 Å². The first-order chi connectivity index (χ1) is 12.1. The van der Waals surface area contributed by atoms with Crippen molar-refractivity contribution >= 4 is 0 Å². The van der Waals surface area contributed by atoms with Gasteiger partial charge in [0.1, 0.15) is 5.75 Å². The van der Waals surface area contributed by atoms with Gasteiger partial charge in [0.05, 0.1) is 18.0 Å². The van der Waals surface area contributed by atoms with Gasteiger partial charge in [0.25, 0.3) is 0 Å². The maximum absolute atomic E-state index is 5.62. The molecule has 0 atom stereocenters. The zero-order valence-corrected chi connectivity index (χ0v) is 15.1. The first-order valence-corrected chi connectivity index (χ1v) is 8.73. The molecule has 0 aliphatic carbocycles. The molecule has 0 unspecified atom stereocenters.